The van der Waals surface area contributed by atoms with Crippen molar-refractivity contribution in [2.45, 2.75) is 25.0 Å². The summed E-state index contributed by atoms with van der Waals surface area (Å²) in [6.07, 6.45) is 8.00. The number of fused-ring (bicyclic) bond motifs is 1. The molecule has 16 heavy (non-hydrogen) atoms. The summed E-state index contributed by atoms with van der Waals surface area (Å²) in [5.41, 5.74) is -0.673. The highest BCUT2D eigenvalue weighted by Crippen LogP contribution is 2.53. The maximum absolute atomic E-state index is 12.0. The largest absolute Gasteiger partial charge is 0.468 e. The third-order valence-corrected chi connectivity index (χ3v) is 3.72. The third-order valence-electron chi connectivity index (χ3n) is 3.72. The first-order chi connectivity index (χ1) is 7.69. The molecule has 3 aliphatic rings. The van der Waals surface area contributed by atoms with E-state index < -0.39 is 11.2 Å². The van der Waals surface area contributed by atoms with Crippen LogP contribution >= 0.6 is 0 Å². The smallest absolute Gasteiger partial charge is 0.230 e. The molecule has 4 heteroatoms. The van der Waals surface area contributed by atoms with Crippen molar-refractivity contribution >= 4 is 11.6 Å². The molecule has 0 N–H and O–H groups in total. The van der Waals surface area contributed by atoms with Gasteiger partial charge in [-0.05, 0) is 12.8 Å². The van der Waals surface area contributed by atoms with E-state index >= 15 is 0 Å². The van der Waals surface area contributed by atoms with Crippen molar-refractivity contribution in [3.8, 4) is 0 Å². The van der Waals surface area contributed by atoms with Gasteiger partial charge in [-0.1, -0.05) is 12.2 Å². The fourth-order valence-corrected chi connectivity index (χ4v) is 2.78. The Kier molecular flexibility index (Phi) is 1.86. The van der Waals surface area contributed by atoms with Crippen molar-refractivity contribution in [3.05, 3.63) is 24.5 Å². The highest BCUT2D eigenvalue weighted by molar-refractivity contribution is 5.95. The number of ketones is 2. The lowest BCUT2D eigenvalue weighted by Crippen LogP contribution is -2.50. The predicted octanol–water partition coefficient (Wildman–Crippen LogP) is 1.12. The zero-order chi connectivity index (χ0) is 11.2. The average Bonchev–Trinajstić information content (AvgIpc) is 2.84. The van der Waals surface area contributed by atoms with Gasteiger partial charge in [-0.3, -0.25) is 9.59 Å². The molecule has 1 saturated heterocycles. The minimum Gasteiger partial charge on any atom is -0.468 e. The fourth-order valence-electron chi connectivity index (χ4n) is 2.78. The van der Waals surface area contributed by atoms with Crippen LogP contribution in [-0.2, 0) is 19.1 Å². The van der Waals surface area contributed by atoms with Gasteiger partial charge in [0.05, 0.1) is 12.7 Å². The SMILES string of the molecule is O=C1C=COC2(C1)OCC(=O)C21CC=CC1. The molecule has 0 bridgehead atoms. The van der Waals surface area contributed by atoms with E-state index in [1.54, 1.807) is 0 Å². The number of carbonyl (C=O) groups is 2. The molecule has 0 saturated carbocycles. The second-order valence-electron chi connectivity index (χ2n) is 4.49. The summed E-state index contributed by atoms with van der Waals surface area (Å²) in [5, 5.41) is 0. The second-order valence-corrected chi connectivity index (χ2v) is 4.49. The molecule has 0 aromatic rings. The number of allylic oxidation sites excluding steroid dienone is 3. The fraction of sp³-hybridized carbons (Fsp3) is 0.500. The maximum atomic E-state index is 12.0. The van der Waals surface area contributed by atoms with Crippen LogP contribution in [0.2, 0.25) is 0 Å². The molecular weight excluding hydrogens is 208 g/mol. The third kappa shape index (κ3) is 1.02. The molecular formula is C12H12O4. The highest BCUT2D eigenvalue weighted by atomic mass is 16.7. The Morgan fingerprint density at radius 2 is 1.94 bits per heavy atom. The van der Waals surface area contributed by atoms with Gasteiger partial charge >= 0.3 is 0 Å². The number of Topliss-reactive ketones (excluding diaryl/α,β-unsaturated/α-hetero) is 1. The Bertz CT molecular complexity index is 413. The van der Waals surface area contributed by atoms with Crippen LogP contribution in [0.15, 0.2) is 24.5 Å². The molecule has 4 nitrogen and oxygen atoms in total. The lowest BCUT2D eigenvalue weighted by atomic mass is 9.73. The van der Waals surface area contributed by atoms with E-state index in [4.69, 9.17) is 9.47 Å². The quantitative estimate of drug-likeness (QED) is 0.574. The molecule has 1 atom stereocenters. The van der Waals surface area contributed by atoms with Crippen molar-refractivity contribution in [1.82, 2.24) is 0 Å². The topological polar surface area (TPSA) is 52.6 Å². The van der Waals surface area contributed by atoms with E-state index in [1.165, 1.54) is 12.3 Å². The van der Waals surface area contributed by atoms with Crippen molar-refractivity contribution in [3.63, 3.8) is 0 Å². The molecule has 0 aromatic carbocycles. The first-order valence-electron chi connectivity index (χ1n) is 5.38. The summed E-state index contributed by atoms with van der Waals surface area (Å²) in [6.45, 7) is 0.0444. The van der Waals surface area contributed by atoms with Crippen LogP contribution < -0.4 is 0 Å². The van der Waals surface area contributed by atoms with Crippen LogP contribution in [0.4, 0.5) is 0 Å². The van der Waals surface area contributed by atoms with Crippen molar-refractivity contribution in [2.75, 3.05) is 6.61 Å². The van der Waals surface area contributed by atoms with Crippen molar-refractivity contribution in [2.24, 2.45) is 5.41 Å². The molecule has 2 heterocycles. The standard InChI is InChI=1S/C12H12O4/c13-9-3-6-15-12(7-9)11(4-1-2-5-11)10(14)8-16-12/h1-3,6H,4-5,7-8H2. The molecule has 3 rings (SSSR count). The second kappa shape index (κ2) is 3.04. The number of hydrogen-bond acceptors (Lipinski definition) is 4. The number of hydrogen-bond donors (Lipinski definition) is 0. The van der Waals surface area contributed by atoms with Gasteiger partial charge in [-0.15, -0.1) is 0 Å². The molecule has 2 aliphatic heterocycles. The minimum absolute atomic E-state index is 0.0422. The van der Waals surface area contributed by atoms with Gasteiger partial charge in [0.1, 0.15) is 12.0 Å². The number of ether oxygens (including phenoxy) is 2. The Labute approximate surface area is 92.9 Å². The molecule has 1 fully saturated rings. The normalized spacial score (nSPS) is 35.2. The van der Waals surface area contributed by atoms with E-state index in [1.807, 2.05) is 12.2 Å². The zero-order valence-corrected chi connectivity index (χ0v) is 8.77. The minimum atomic E-state index is -1.06. The maximum Gasteiger partial charge on any atom is 0.230 e. The van der Waals surface area contributed by atoms with E-state index in [9.17, 15) is 9.59 Å². The van der Waals surface area contributed by atoms with Gasteiger partial charge in [-0.25, -0.2) is 0 Å². The summed E-state index contributed by atoms with van der Waals surface area (Å²) in [7, 11) is 0. The Hall–Kier alpha value is -1.42. The van der Waals surface area contributed by atoms with Crippen molar-refractivity contribution < 1.29 is 19.1 Å². The number of rotatable bonds is 0. The van der Waals surface area contributed by atoms with Crippen LogP contribution in [0.25, 0.3) is 0 Å². The lowest BCUT2D eigenvalue weighted by molar-refractivity contribution is -0.232. The first-order valence-corrected chi connectivity index (χ1v) is 5.38. The Morgan fingerprint density at radius 1 is 1.19 bits per heavy atom. The van der Waals surface area contributed by atoms with Gasteiger partial charge in [-0.2, -0.15) is 0 Å². The first kappa shape index (κ1) is 9.78. The molecule has 84 valence electrons. The summed E-state index contributed by atoms with van der Waals surface area (Å²) in [5.74, 6) is -1.06. The van der Waals surface area contributed by atoms with Gasteiger partial charge in [0.25, 0.3) is 0 Å². The monoisotopic (exact) mass is 220 g/mol. The van der Waals surface area contributed by atoms with Crippen LogP contribution in [-0.4, -0.2) is 24.0 Å². The molecule has 1 aliphatic carbocycles. The predicted molar refractivity (Wildman–Crippen MR) is 54.3 cm³/mol. The average molecular weight is 220 g/mol. The van der Waals surface area contributed by atoms with E-state index in [-0.39, 0.29) is 24.6 Å². The molecule has 0 amide bonds. The summed E-state index contributed by atoms with van der Waals surface area (Å²) >= 11 is 0. The molecule has 0 aromatic heterocycles. The molecule has 2 spiro atoms. The summed E-state index contributed by atoms with van der Waals surface area (Å²) < 4.78 is 11.0. The van der Waals surface area contributed by atoms with E-state index in [0.29, 0.717) is 12.8 Å². The van der Waals surface area contributed by atoms with Crippen LogP contribution in [0.3, 0.4) is 0 Å². The van der Waals surface area contributed by atoms with Gasteiger partial charge < -0.3 is 9.47 Å². The number of carbonyl (C=O) groups excluding carboxylic acids is 2. The zero-order valence-electron chi connectivity index (χ0n) is 8.77. The van der Waals surface area contributed by atoms with Crippen LogP contribution in [0.5, 0.6) is 0 Å². The summed E-state index contributed by atoms with van der Waals surface area (Å²) in [4.78, 5) is 23.5. The van der Waals surface area contributed by atoms with E-state index in [0.717, 1.165) is 0 Å². The Balaban J connectivity index is 2.04. The molecule has 1 unspecified atom stereocenters. The summed E-state index contributed by atoms with van der Waals surface area (Å²) in [6, 6.07) is 0. The van der Waals surface area contributed by atoms with Gasteiger partial charge in [0.15, 0.2) is 11.6 Å². The van der Waals surface area contributed by atoms with Crippen LogP contribution in [0, 0.1) is 5.41 Å². The van der Waals surface area contributed by atoms with Gasteiger partial charge in [0.2, 0.25) is 5.79 Å². The van der Waals surface area contributed by atoms with Crippen LogP contribution in [0.1, 0.15) is 19.3 Å². The molecule has 0 radical (unpaired) electrons. The Morgan fingerprint density at radius 3 is 2.62 bits per heavy atom. The van der Waals surface area contributed by atoms with Crippen molar-refractivity contribution in [1.29, 1.82) is 0 Å². The van der Waals surface area contributed by atoms with E-state index in [2.05, 4.69) is 0 Å². The lowest BCUT2D eigenvalue weighted by Gasteiger charge is -2.40. The van der Waals surface area contributed by atoms with Gasteiger partial charge in [0, 0.05) is 6.08 Å². The highest BCUT2D eigenvalue weighted by Gasteiger charge is 2.64.